The first-order valence-electron chi connectivity index (χ1n) is 9.48. The maximum Gasteiger partial charge on any atom is 0.143 e. The van der Waals surface area contributed by atoms with E-state index in [2.05, 4.69) is 0 Å². The van der Waals surface area contributed by atoms with E-state index in [-0.39, 0.29) is 11.6 Å². The summed E-state index contributed by atoms with van der Waals surface area (Å²) in [5, 5.41) is 12.9. The zero-order chi connectivity index (χ0) is 20.2. The van der Waals surface area contributed by atoms with Crippen LogP contribution in [0.15, 0.2) is 83.3 Å². The molecule has 144 valence electrons. The lowest BCUT2D eigenvalue weighted by molar-refractivity contribution is 0.477. The fraction of sp³-hybridized carbons (Fsp3) is 0. The second-order valence-corrected chi connectivity index (χ2v) is 8.15. The lowest BCUT2D eigenvalue weighted by atomic mass is 10.0. The number of halogens is 1. The molecule has 0 atom stereocenters. The predicted octanol–water partition coefficient (Wildman–Crippen LogP) is 7.37. The molecule has 30 heavy (non-hydrogen) atoms. The number of phenols is 1. The van der Waals surface area contributed by atoms with Gasteiger partial charge in [0, 0.05) is 21.9 Å². The molecule has 3 nitrogen and oxygen atoms in total. The summed E-state index contributed by atoms with van der Waals surface area (Å²) in [4.78, 5) is 4.77. The van der Waals surface area contributed by atoms with Crippen molar-refractivity contribution in [1.82, 2.24) is 4.98 Å². The molecular formula is C25H14FNO2S. The number of fused-ring (bicyclic) bond motifs is 4. The average molecular weight is 411 g/mol. The van der Waals surface area contributed by atoms with Crippen LogP contribution in [0.3, 0.4) is 0 Å². The highest BCUT2D eigenvalue weighted by molar-refractivity contribution is 7.21. The minimum atomic E-state index is -0.335. The third-order valence-electron chi connectivity index (χ3n) is 5.29. The number of phenolic OH excluding ortho intramolecular Hbond substituents is 1. The van der Waals surface area contributed by atoms with Crippen molar-refractivity contribution >= 4 is 43.5 Å². The van der Waals surface area contributed by atoms with Gasteiger partial charge in [0.05, 0.1) is 15.8 Å². The molecule has 0 amide bonds. The molecule has 0 unspecified atom stereocenters. The van der Waals surface area contributed by atoms with Crippen molar-refractivity contribution in [2.24, 2.45) is 0 Å². The highest BCUT2D eigenvalue weighted by Gasteiger charge is 2.18. The molecule has 0 aliphatic rings. The molecule has 0 bridgehead atoms. The van der Waals surface area contributed by atoms with E-state index in [1.165, 1.54) is 23.5 Å². The van der Waals surface area contributed by atoms with E-state index in [9.17, 15) is 9.50 Å². The van der Waals surface area contributed by atoms with E-state index in [1.54, 1.807) is 12.1 Å². The molecule has 0 aliphatic heterocycles. The lowest BCUT2D eigenvalue weighted by Gasteiger charge is -2.04. The summed E-state index contributed by atoms with van der Waals surface area (Å²) in [6.45, 7) is 0. The lowest BCUT2D eigenvalue weighted by Crippen LogP contribution is -1.85. The number of para-hydroxylation sites is 3. The van der Waals surface area contributed by atoms with Crippen LogP contribution < -0.4 is 0 Å². The fourth-order valence-corrected chi connectivity index (χ4v) is 4.98. The first-order chi connectivity index (χ1) is 14.7. The zero-order valence-corrected chi connectivity index (χ0v) is 16.4. The van der Waals surface area contributed by atoms with Crippen molar-refractivity contribution in [3.8, 4) is 27.4 Å². The third kappa shape index (κ3) is 2.52. The van der Waals surface area contributed by atoms with Gasteiger partial charge in [-0.05, 0) is 30.3 Å². The van der Waals surface area contributed by atoms with Gasteiger partial charge in [0.2, 0.25) is 0 Å². The Morgan fingerprint density at radius 3 is 2.47 bits per heavy atom. The molecule has 0 fully saturated rings. The highest BCUT2D eigenvalue weighted by Crippen LogP contribution is 2.42. The molecule has 6 aromatic rings. The summed E-state index contributed by atoms with van der Waals surface area (Å²) >= 11 is 1.36. The normalized spacial score (nSPS) is 11.6. The second kappa shape index (κ2) is 6.40. The number of aromatic hydroxyl groups is 1. The molecule has 0 spiro atoms. The van der Waals surface area contributed by atoms with E-state index in [4.69, 9.17) is 9.40 Å². The SMILES string of the molecule is Oc1ccccc1-c1nc2c(-c3cccc4c3oc3ccccc34)cc(F)cc2s1. The zero-order valence-electron chi connectivity index (χ0n) is 15.6. The number of hydrogen-bond donors (Lipinski definition) is 1. The van der Waals surface area contributed by atoms with Crippen LogP contribution in [0.2, 0.25) is 0 Å². The summed E-state index contributed by atoms with van der Waals surface area (Å²) in [6.07, 6.45) is 0. The number of nitrogens with zero attached hydrogens (tertiary/aromatic N) is 1. The third-order valence-corrected chi connectivity index (χ3v) is 6.32. The molecule has 2 aromatic heterocycles. The molecule has 4 aromatic carbocycles. The van der Waals surface area contributed by atoms with Gasteiger partial charge in [-0.25, -0.2) is 9.37 Å². The van der Waals surface area contributed by atoms with Crippen molar-refractivity contribution in [2.45, 2.75) is 0 Å². The number of benzene rings is 4. The Morgan fingerprint density at radius 2 is 1.57 bits per heavy atom. The van der Waals surface area contributed by atoms with Gasteiger partial charge in [-0.2, -0.15) is 0 Å². The Kier molecular flexibility index (Phi) is 3.67. The van der Waals surface area contributed by atoms with Crippen LogP contribution in [-0.2, 0) is 0 Å². The number of furan rings is 1. The predicted molar refractivity (Wildman–Crippen MR) is 119 cm³/mol. The summed E-state index contributed by atoms with van der Waals surface area (Å²) < 4.78 is 21.4. The first-order valence-corrected chi connectivity index (χ1v) is 10.3. The van der Waals surface area contributed by atoms with Crippen LogP contribution in [0.5, 0.6) is 5.75 Å². The number of thiazole rings is 1. The maximum absolute atomic E-state index is 14.6. The van der Waals surface area contributed by atoms with Gasteiger partial charge < -0.3 is 9.52 Å². The van der Waals surface area contributed by atoms with Crippen LogP contribution in [0, 0.1) is 5.82 Å². The Morgan fingerprint density at radius 1 is 0.800 bits per heavy atom. The molecule has 0 saturated heterocycles. The van der Waals surface area contributed by atoms with Crippen molar-refractivity contribution in [3.05, 3.63) is 84.7 Å². The van der Waals surface area contributed by atoms with Crippen molar-refractivity contribution in [2.75, 3.05) is 0 Å². The van der Waals surface area contributed by atoms with Gasteiger partial charge >= 0.3 is 0 Å². The van der Waals surface area contributed by atoms with E-state index >= 15 is 0 Å². The molecule has 0 saturated carbocycles. The topological polar surface area (TPSA) is 46.3 Å². The first kappa shape index (κ1) is 17.2. The molecule has 1 N–H and O–H groups in total. The van der Waals surface area contributed by atoms with Crippen LogP contribution in [0.1, 0.15) is 0 Å². The van der Waals surface area contributed by atoms with Gasteiger partial charge in [-0.3, -0.25) is 0 Å². The van der Waals surface area contributed by atoms with Crippen LogP contribution in [0.25, 0.3) is 53.9 Å². The highest BCUT2D eigenvalue weighted by atomic mass is 32.1. The molecular weight excluding hydrogens is 397 g/mol. The van der Waals surface area contributed by atoms with Gasteiger partial charge in [0.15, 0.2) is 0 Å². The quantitative estimate of drug-likeness (QED) is 0.323. The van der Waals surface area contributed by atoms with Gasteiger partial charge in [0.25, 0.3) is 0 Å². The number of hydrogen-bond acceptors (Lipinski definition) is 4. The minimum Gasteiger partial charge on any atom is -0.507 e. The van der Waals surface area contributed by atoms with Crippen molar-refractivity contribution in [1.29, 1.82) is 0 Å². The van der Waals surface area contributed by atoms with Gasteiger partial charge in [-0.15, -0.1) is 11.3 Å². The average Bonchev–Trinajstić information content (AvgIpc) is 3.34. The standard InChI is InChI=1S/C25H14FNO2S/c26-14-12-19(17-9-5-8-16-15-6-2-4-11-21(15)29-24(16)17)23-22(13-14)30-25(27-23)18-7-1-3-10-20(18)28/h1-13,28H. The summed E-state index contributed by atoms with van der Waals surface area (Å²) in [5.74, 6) is -0.184. The Balaban J connectivity index is 1.66. The van der Waals surface area contributed by atoms with E-state index in [1.807, 2.05) is 54.6 Å². The van der Waals surface area contributed by atoms with Crippen LogP contribution in [0.4, 0.5) is 4.39 Å². The van der Waals surface area contributed by atoms with E-state index in [0.29, 0.717) is 27.2 Å². The molecule has 2 heterocycles. The smallest absolute Gasteiger partial charge is 0.143 e. The Labute approximate surface area is 174 Å². The minimum absolute atomic E-state index is 0.151. The van der Waals surface area contributed by atoms with E-state index in [0.717, 1.165) is 26.6 Å². The van der Waals surface area contributed by atoms with E-state index < -0.39 is 0 Å². The second-order valence-electron chi connectivity index (χ2n) is 7.12. The van der Waals surface area contributed by atoms with Crippen molar-refractivity contribution < 1.29 is 13.9 Å². The van der Waals surface area contributed by atoms with Gasteiger partial charge in [-0.1, -0.05) is 48.5 Å². The summed E-state index contributed by atoms with van der Waals surface area (Å²) in [7, 11) is 0. The number of aromatic nitrogens is 1. The summed E-state index contributed by atoms with van der Waals surface area (Å²) in [6, 6.07) is 23.8. The molecule has 6 rings (SSSR count). The maximum atomic E-state index is 14.6. The molecule has 0 radical (unpaired) electrons. The van der Waals surface area contributed by atoms with Crippen LogP contribution >= 0.6 is 11.3 Å². The van der Waals surface area contributed by atoms with Crippen LogP contribution in [-0.4, -0.2) is 10.1 Å². The Hall–Kier alpha value is -3.70. The monoisotopic (exact) mass is 411 g/mol. The number of rotatable bonds is 2. The molecule has 0 aliphatic carbocycles. The van der Waals surface area contributed by atoms with Crippen molar-refractivity contribution in [3.63, 3.8) is 0 Å². The fourth-order valence-electron chi connectivity index (χ4n) is 3.93. The summed E-state index contributed by atoms with van der Waals surface area (Å²) in [5.41, 5.74) is 4.29. The largest absolute Gasteiger partial charge is 0.507 e. The van der Waals surface area contributed by atoms with Gasteiger partial charge in [0.1, 0.15) is 27.7 Å². The Bertz CT molecular complexity index is 1580. The molecule has 5 heteroatoms.